The molecule has 126 valence electrons. The summed E-state index contributed by atoms with van der Waals surface area (Å²) in [5, 5.41) is 6.84. The van der Waals surface area contributed by atoms with Crippen LogP contribution in [0.25, 0.3) is 0 Å². The number of nitrogens with one attached hydrogen (secondary N) is 1. The van der Waals surface area contributed by atoms with Crippen LogP contribution < -0.4 is 5.56 Å². The lowest BCUT2D eigenvalue weighted by Gasteiger charge is -2.38. The van der Waals surface area contributed by atoms with Gasteiger partial charge in [-0.2, -0.15) is 5.10 Å². The minimum atomic E-state index is -0.312. The molecule has 2 aromatic rings. The number of hydrogen-bond acceptors (Lipinski definition) is 4. The number of amides is 1. The summed E-state index contributed by atoms with van der Waals surface area (Å²) in [6, 6.07) is 10.9. The molecule has 1 aromatic carbocycles. The van der Waals surface area contributed by atoms with Crippen molar-refractivity contribution in [3.8, 4) is 0 Å². The van der Waals surface area contributed by atoms with Crippen molar-refractivity contribution in [3.63, 3.8) is 0 Å². The van der Waals surface area contributed by atoms with Crippen molar-refractivity contribution in [1.82, 2.24) is 20.0 Å². The van der Waals surface area contributed by atoms with Crippen molar-refractivity contribution in [3.05, 3.63) is 63.0 Å². The summed E-state index contributed by atoms with van der Waals surface area (Å²) >= 11 is 5.94. The van der Waals surface area contributed by atoms with Crippen molar-refractivity contribution < 1.29 is 4.79 Å². The molecule has 1 fully saturated rings. The second-order valence-electron chi connectivity index (χ2n) is 5.86. The van der Waals surface area contributed by atoms with Gasteiger partial charge in [0.05, 0.1) is 0 Å². The van der Waals surface area contributed by atoms with E-state index >= 15 is 0 Å². The molecule has 6 nitrogen and oxygen atoms in total. The first-order valence-corrected chi connectivity index (χ1v) is 8.27. The average Bonchev–Trinajstić information content (AvgIpc) is 2.62. The second-order valence-corrected chi connectivity index (χ2v) is 6.30. The van der Waals surface area contributed by atoms with Gasteiger partial charge < -0.3 is 4.90 Å². The molecular weight excluding hydrogens is 328 g/mol. The van der Waals surface area contributed by atoms with Gasteiger partial charge in [0.1, 0.15) is 5.69 Å². The lowest BCUT2D eigenvalue weighted by atomic mass is 10.1. The zero-order valence-corrected chi connectivity index (χ0v) is 14.2. The maximum absolute atomic E-state index is 12.4. The van der Waals surface area contributed by atoms with Gasteiger partial charge in [-0.15, -0.1) is 0 Å². The Labute approximate surface area is 145 Å². The molecule has 1 N–H and O–H groups in total. The highest BCUT2D eigenvalue weighted by Crippen LogP contribution is 2.23. The van der Waals surface area contributed by atoms with Gasteiger partial charge in [0, 0.05) is 43.3 Å². The molecule has 1 saturated heterocycles. The lowest BCUT2D eigenvalue weighted by Crippen LogP contribution is -2.49. The maximum Gasteiger partial charge on any atom is 0.274 e. The lowest BCUT2D eigenvalue weighted by molar-refractivity contribution is 0.0575. The normalized spacial score (nSPS) is 16.8. The topological polar surface area (TPSA) is 69.3 Å². The average molecular weight is 347 g/mol. The first kappa shape index (κ1) is 16.7. The van der Waals surface area contributed by atoms with E-state index in [4.69, 9.17) is 11.6 Å². The highest BCUT2D eigenvalue weighted by Gasteiger charge is 2.26. The van der Waals surface area contributed by atoms with E-state index in [9.17, 15) is 9.59 Å². The van der Waals surface area contributed by atoms with Gasteiger partial charge in [0.15, 0.2) is 0 Å². The number of rotatable bonds is 3. The summed E-state index contributed by atoms with van der Waals surface area (Å²) < 4.78 is 0. The monoisotopic (exact) mass is 346 g/mol. The Balaban J connectivity index is 1.61. The highest BCUT2D eigenvalue weighted by molar-refractivity contribution is 6.30. The van der Waals surface area contributed by atoms with Crippen molar-refractivity contribution in [1.29, 1.82) is 0 Å². The highest BCUT2D eigenvalue weighted by atomic mass is 35.5. The molecule has 1 aliphatic heterocycles. The Morgan fingerprint density at radius 3 is 2.38 bits per heavy atom. The molecule has 0 aliphatic carbocycles. The number of piperazine rings is 1. The van der Waals surface area contributed by atoms with Crippen LogP contribution in [0.2, 0.25) is 5.02 Å². The number of aromatic amines is 1. The number of benzene rings is 1. The summed E-state index contributed by atoms with van der Waals surface area (Å²) in [5.74, 6) is -0.148. The van der Waals surface area contributed by atoms with Crippen molar-refractivity contribution in [2.45, 2.75) is 13.0 Å². The Kier molecular flexibility index (Phi) is 4.97. The number of carbonyl (C=O) groups is 1. The first-order valence-electron chi connectivity index (χ1n) is 7.89. The summed E-state index contributed by atoms with van der Waals surface area (Å²) in [5.41, 5.74) is 1.17. The molecule has 7 heteroatoms. The number of carbonyl (C=O) groups excluding carboxylic acids is 1. The Morgan fingerprint density at radius 2 is 1.79 bits per heavy atom. The summed E-state index contributed by atoms with van der Waals surface area (Å²) in [6.07, 6.45) is 0. The smallest absolute Gasteiger partial charge is 0.274 e. The van der Waals surface area contributed by atoms with Gasteiger partial charge in [0.2, 0.25) is 0 Å². The molecular formula is C17H19ClN4O2. The zero-order chi connectivity index (χ0) is 17.1. The van der Waals surface area contributed by atoms with E-state index in [1.165, 1.54) is 17.7 Å². The molecule has 0 bridgehead atoms. The van der Waals surface area contributed by atoms with Crippen LogP contribution in [0.15, 0.2) is 41.2 Å². The third-order valence-corrected chi connectivity index (χ3v) is 4.65. The van der Waals surface area contributed by atoms with Gasteiger partial charge in [-0.3, -0.25) is 14.5 Å². The van der Waals surface area contributed by atoms with Crippen LogP contribution in [-0.4, -0.2) is 52.1 Å². The zero-order valence-electron chi connectivity index (χ0n) is 13.4. The van der Waals surface area contributed by atoms with Gasteiger partial charge in [0.25, 0.3) is 11.5 Å². The van der Waals surface area contributed by atoms with E-state index in [-0.39, 0.29) is 23.2 Å². The predicted molar refractivity (Wildman–Crippen MR) is 92.2 cm³/mol. The third kappa shape index (κ3) is 3.66. The van der Waals surface area contributed by atoms with E-state index in [0.717, 1.165) is 18.1 Å². The molecule has 0 spiro atoms. The third-order valence-electron chi connectivity index (χ3n) is 4.40. The maximum atomic E-state index is 12.4. The standard InChI is InChI=1S/C17H19ClN4O2/c1-12(13-2-4-14(18)5-3-13)21-8-10-22(11-9-21)17(24)15-6-7-16(23)20-19-15/h2-7,12H,8-11H2,1H3,(H,20,23)/t12-/m0/s1. The largest absolute Gasteiger partial charge is 0.335 e. The van der Waals surface area contributed by atoms with Gasteiger partial charge in [-0.05, 0) is 30.7 Å². The van der Waals surface area contributed by atoms with Crippen LogP contribution in [0.5, 0.6) is 0 Å². The molecule has 0 unspecified atom stereocenters. The summed E-state index contributed by atoms with van der Waals surface area (Å²) in [7, 11) is 0. The molecule has 1 aromatic heterocycles. The van der Waals surface area contributed by atoms with E-state index in [0.29, 0.717) is 13.1 Å². The summed E-state index contributed by atoms with van der Waals surface area (Å²) in [4.78, 5) is 27.5. The number of halogens is 1. The quantitative estimate of drug-likeness (QED) is 0.922. The van der Waals surface area contributed by atoms with Crippen molar-refractivity contribution >= 4 is 17.5 Å². The fourth-order valence-electron chi connectivity index (χ4n) is 2.89. The molecule has 2 heterocycles. The van der Waals surface area contributed by atoms with E-state index in [1.807, 2.05) is 24.3 Å². The van der Waals surface area contributed by atoms with Crippen LogP contribution in [-0.2, 0) is 0 Å². The van der Waals surface area contributed by atoms with Crippen molar-refractivity contribution in [2.24, 2.45) is 0 Å². The predicted octanol–water partition coefficient (Wildman–Crippen LogP) is 1.94. The second kappa shape index (κ2) is 7.15. The number of aromatic nitrogens is 2. The molecule has 1 atom stereocenters. The van der Waals surface area contributed by atoms with Crippen LogP contribution in [0.3, 0.4) is 0 Å². The molecule has 0 saturated carbocycles. The van der Waals surface area contributed by atoms with Gasteiger partial charge in [-0.25, -0.2) is 5.10 Å². The van der Waals surface area contributed by atoms with Crippen LogP contribution in [0.1, 0.15) is 29.0 Å². The Hall–Kier alpha value is -2.18. The SMILES string of the molecule is C[C@@H](c1ccc(Cl)cc1)N1CCN(C(=O)c2ccc(=O)[nH]n2)CC1. The number of hydrogen-bond donors (Lipinski definition) is 1. The Bertz CT molecular complexity index is 746. The molecule has 3 rings (SSSR count). The first-order chi connectivity index (χ1) is 11.5. The minimum absolute atomic E-state index is 0.148. The molecule has 1 amide bonds. The summed E-state index contributed by atoms with van der Waals surface area (Å²) in [6.45, 7) is 5.01. The van der Waals surface area contributed by atoms with E-state index < -0.39 is 0 Å². The van der Waals surface area contributed by atoms with Crippen molar-refractivity contribution in [2.75, 3.05) is 26.2 Å². The number of H-pyrrole nitrogens is 1. The van der Waals surface area contributed by atoms with E-state index in [2.05, 4.69) is 22.0 Å². The molecule has 0 radical (unpaired) electrons. The van der Waals surface area contributed by atoms with Gasteiger partial charge in [-0.1, -0.05) is 23.7 Å². The van der Waals surface area contributed by atoms with Crippen LogP contribution in [0.4, 0.5) is 0 Å². The molecule has 24 heavy (non-hydrogen) atoms. The fourth-order valence-corrected chi connectivity index (χ4v) is 3.02. The molecule has 1 aliphatic rings. The number of nitrogens with zero attached hydrogens (tertiary/aromatic N) is 3. The fraction of sp³-hybridized carbons (Fsp3) is 0.353. The van der Waals surface area contributed by atoms with Crippen LogP contribution >= 0.6 is 11.6 Å². The van der Waals surface area contributed by atoms with E-state index in [1.54, 1.807) is 4.90 Å². The Morgan fingerprint density at radius 1 is 1.12 bits per heavy atom. The van der Waals surface area contributed by atoms with Crippen LogP contribution in [0, 0.1) is 0 Å². The van der Waals surface area contributed by atoms with Gasteiger partial charge >= 0.3 is 0 Å². The minimum Gasteiger partial charge on any atom is -0.335 e.